The Hall–Kier alpha value is -0.120. The van der Waals surface area contributed by atoms with Crippen LogP contribution < -0.4 is 5.32 Å². The van der Waals surface area contributed by atoms with Crippen LogP contribution in [0.4, 0.5) is 0 Å². The molecule has 0 aromatic carbocycles. The summed E-state index contributed by atoms with van der Waals surface area (Å²) in [6.07, 6.45) is 6.37. The van der Waals surface area contributed by atoms with Crippen LogP contribution >= 0.6 is 0 Å². The van der Waals surface area contributed by atoms with Gasteiger partial charge in [-0.15, -0.1) is 0 Å². The quantitative estimate of drug-likeness (QED) is 0.721. The molecule has 2 aliphatic rings. The fourth-order valence-electron chi connectivity index (χ4n) is 2.77. The van der Waals surface area contributed by atoms with E-state index < -0.39 is 0 Å². The summed E-state index contributed by atoms with van der Waals surface area (Å²) in [6.45, 7) is 4.66. The molecule has 3 nitrogen and oxygen atoms in total. The first-order valence-corrected chi connectivity index (χ1v) is 5.88. The van der Waals surface area contributed by atoms with E-state index in [1.54, 1.807) is 0 Å². The van der Waals surface area contributed by atoms with Crippen molar-refractivity contribution in [2.75, 3.05) is 33.3 Å². The zero-order valence-corrected chi connectivity index (χ0v) is 9.22. The van der Waals surface area contributed by atoms with Crippen molar-refractivity contribution in [3.8, 4) is 0 Å². The highest BCUT2D eigenvalue weighted by atomic mass is 16.5. The third kappa shape index (κ3) is 1.95. The minimum atomic E-state index is 0.0612. The van der Waals surface area contributed by atoms with Gasteiger partial charge in [-0.05, 0) is 25.9 Å². The van der Waals surface area contributed by atoms with Gasteiger partial charge in [0, 0.05) is 33.0 Å². The molecule has 3 heteroatoms. The van der Waals surface area contributed by atoms with Crippen molar-refractivity contribution < 1.29 is 4.74 Å². The molecule has 0 aliphatic carbocycles. The van der Waals surface area contributed by atoms with E-state index in [0.717, 1.165) is 25.9 Å². The van der Waals surface area contributed by atoms with Crippen molar-refractivity contribution >= 4 is 0 Å². The molecule has 2 heterocycles. The van der Waals surface area contributed by atoms with Crippen molar-refractivity contribution in [3.63, 3.8) is 0 Å². The first kappa shape index (κ1) is 10.4. The third-order valence-electron chi connectivity index (χ3n) is 3.70. The number of hydrogen-bond acceptors (Lipinski definition) is 3. The highest BCUT2D eigenvalue weighted by Gasteiger charge is 2.38. The average Bonchev–Trinajstić information content (AvgIpc) is 2.31. The van der Waals surface area contributed by atoms with Gasteiger partial charge in [0.1, 0.15) is 5.72 Å². The molecular formula is C11H22N2O. The minimum Gasteiger partial charge on any atom is -0.364 e. The standard InChI is InChI=1S/C11H22N2O/c1-14-11(5-7-12-8-6-11)13-9-3-2-4-10-13/h12H,2-10H2,1H3. The normalized spacial score (nSPS) is 28.9. The van der Waals surface area contributed by atoms with Crippen molar-refractivity contribution in [2.24, 2.45) is 0 Å². The molecule has 0 aromatic rings. The Labute approximate surface area is 86.8 Å². The maximum Gasteiger partial charge on any atom is 0.123 e. The van der Waals surface area contributed by atoms with Gasteiger partial charge in [-0.2, -0.15) is 0 Å². The molecule has 82 valence electrons. The Bertz CT molecular complexity index is 172. The van der Waals surface area contributed by atoms with Gasteiger partial charge < -0.3 is 10.1 Å². The highest BCUT2D eigenvalue weighted by Crippen LogP contribution is 2.29. The SMILES string of the molecule is COC1(N2CCCCC2)CCNCC1. The van der Waals surface area contributed by atoms with Crippen LogP contribution in [-0.2, 0) is 4.74 Å². The van der Waals surface area contributed by atoms with E-state index in [0.29, 0.717) is 0 Å². The summed E-state index contributed by atoms with van der Waals surface area (Å²) in [5.41, 5.74) is 0.0612. The topological polar surface area (TPSA) is 24.5 Å². The van der Waals surface area contributed by atoms with Crippen LogP contribution in [-0.4, -0.2) is 43.9 Å². The number of methoxy groups -OCH3 is 1. The molecule has 0 saturated carbocycles. The maximum absolute atomic E-state index is 5.80. The van der Waals surface area contributed by atoms with E-state index in [1.165, 1.54) is 32.4 Å². The summed E-state index contributed by atoms with van der Waals surface area (Å²) in [4.78, 5) is 2.57. The van der Waals surface area contributed by atoms with Gasteiger partial charge in [0.25, 0.3) is 0 Å². The Morgan fingerprint density at radius 3 is 2.29 bits per heavy atom. The van der Waals surface area contributed by atoms with Crippen LogP contribution in [0, 0.1) is 0 Å². The number of nitrogens with one attached hydrogen (secondary N) is 1. The van der Waals surface area contributed by atoms with E-state index in [9.17, 15) is 0 Å². The van der Waals surface area contributed by atoms with E-state index in [-0.39, 0.29) is 5.72 Å². The summed E-state index contributed by atoms with van der Waals surface area (Å²) in [5, 5.41) is 3.41. The first-order chi connectivity index (χ1) is 6.87. The van der Waals surface area contributed by atoms with Crippen molar-refractivity contribution in [1.29, 1.82) is 0 Å². The number of rotatable bonds is 2. The lowest BCUT2D eigenvalue weighted by Crippen LogP contribution is -2.57. The second kappa shape index (κ2) is 4.60. The summed E-state index contributed by atoms with van der Waals surface area (Å²) in [6, 6.07) is 0. The molecule has 2 aliphatic heterocycles. The molecule has 0 aromatic heterocycles. The summed E-state index contributed by atoms with van der Waals surface area (Å²) >= 11 is 0. The molecule has 2 rings (SSSR count). The van der Waals surface area contributed by atoms with Crippen LogP contribution in [0.3, 0.4) is 0 Å². The van der Waals surface area contributed by atoms with Crippen LogP contribution in [0.25, 0.3) is 0 Å². The molecule has 0 bridgehead atoms. The number of ether oxygens (including phenoxy) is 1. The van der Waals surface area contributed by atoms with Crippen LogP contribution in [0.15, 0.2) is 0 Å². The molecule has 0 unspecified atom stereocenters. The minimum absolute atomic E-state index is 0.0612. The van der Waals surface area contributed by atoms with Gasteiger partial charge in [0.05, 0.1) is 0 Å². The summed E-state index contributed by atoms with van der Waals surface area (Å²) < 4.78 is 5.80. The van der Waals surface area contributed by atoms with Crippen LogP contribution in [0.1, 0.15) is 32.1 Å². The molecule has 2 fully saturated rings. The molecule has 0 spiro atoms. The third-order valence-corrected chi connectivity index (χ3v) is 3.70. The lowest BCUT2D eigenvalue weighted by atomic mass is 9.96. The Morgan fingerprint density at radius 1 is 1.07 bits per heavy atom. The van der Waals surface area contributed by atoms with Crippen LogP contribution in [0.2, 0.25) is 0 Å². The fraction of sp³-hybridized carbons (Fsp3) is 1.00. The fourth-order valence-corrected chi connectivity index (χ4v) is 2.77. The smallest absolute Gasteiger partial charge is 0.123 e. The molecule has 14 heavy (non-hydrogen) atoms. The number of nitrogens with zero attached hydrogens (tertiary/aromatic N) is 1. The largest absolute Gasteiger partial charge is 0.364 e. The number of hydrogen-bond donors (Lipinski definition) is 1. The zero-order valence-electron chi connectivity index (χ0n) is 9.22. The number of piperidine rings is 2. The summed E-state index contributed by atoms with van der Waals surface area (Å²) in [7, 11) is 1.87. The lowest BCUT2D eigenvalue weighted by molar-refractivity contribution is -0.158. The molecule has 1 N–H and O–H groups in total. The van der Waals surface area contributed by atoms with E-state index >= 15 is 0 Å². The molecule has 2 saturated heterocycles. The average molecular weight is 198 g/mol. The van der Waals surface area contributed by atoms with Gasteiger partial charge >= 0.3 is 0 Å². The zero-order chi connectivity index (χ0) is 9.86. The van der Waals surface area contributed by atoms with Gasteiger partial charge in [-0.1, -0.05) is 6.42 Å². The van der Waals surface area contributed by atoms with E-state index in [4.69, 9.17) is 4.74 Å². The highest BCUT2D eigenvalue weighted by molar-refractivity contribution is 4.87. The van der Waals surface area contributed by atoms with Gasteiger partial charge in [0.15, 0.2) is 0 Å². The summed E-state index contributed by atoms with van der Waals surface area (Å²) in [5.74, 6) is 0. The van der Waals surface area contributed by atoms with Crippen LogP contribution in [0.5, 0.6) is 0 Å². The molecule has 0 radical (unpaired) electrons. The number of likely N-dealkylation sites (tertiary alicyclic amines) is 1. The predicted octanol–water partition coefficient (Wildman–Crippen LogP) is 1.20. The lowest BCUT2D eigenvalue weighted by Gasteiger charge is -2.47. The molecule has 0 amide bonds. The Balaban J connectivity index is 2.01. The van der Waals surface area contributed by atoms with Crippen molar-refractivity contribution in [1.82, 2.24) is 10.2 Å². The van der Waals surface area contributed by atoms with E-state index in [1.807, 2.05) is 7.11 Å². The first-order valence-electron chi connectivity index (χ1n) is 5.88. The van der Waals surface area contributed by atoms with Gasteiger partial charge in [-0.3, -0.25) is 4.90 Å². The second-order valence-electron chi connectivity index (χ2n) is 4.45. The van der Waals surface area contributed by atoms with Gasteiger partial charge in [-0.25, -0.2) is 0 Å². The molecule has 0 atom stereocenters. The predicted molar refractivity (Wildman–Crippen MR) is 57.3 cm³/mol. The monoisotopic (exact) mass is 198 g/mol. The van der Waals surface area contributed by atoms with Crippen molar-refractivity contribution in [3.05, 3.63) is 0 Å². The van der Waals surface area contributed by atoms with Gasteiger partial charge in [0.2, 0.25) is 0 Å². The second-order valence-corrected chi connectivity index (χ2v) is 4.45. The Kier molecular flexibility index (Phi) is 3.42. The Morgan fingerprint density at radius 2 is 1.71 bits per heavy atom. The maximum atomic E-state index is 5.80. The van der Waals surface area contributed by atoms with E-state index in [2.05, 4.69) is 10.2 Å². The molecular weight excluding hydrogens is 176 g/mol. The van der Waals surface area contributed by atoms with Crippen molar-refractivity contribution in [2.45, 2.75) is 37.8 Å².